The second kappa shape index (κ2) is 8.82. The Balaban J connectivity index is 0.00000361. The van der Waals surface area contributed by atoms with Crippen molar-refractivity contribution in [2.24, 2.45) is 0 Å². The van der Waals surface area contributed by atoms with Crippen molar-refractivity contribution in [3.63, 3.8) is 0 Å². The van der Waals surface area contributed by atoms with Crippen LogP contribution in [0.25, 0.3) is 0 Å². The zero-order valence-corrected chi connectivity index (χ0v) is 13.5. The number of carbonyl (C=O) groups excluding carboxylic acids is 1. The molecule has 2 N–H and O–H groups in total. The van der Waals surface area contributed by atoms with Gasteiger partial charge in [0, 0.05) is 12.0 Å². The van der Waals surface area contributed by atoms with E-state index in [9.17, 15) is 4.79 Å². The number of hydrogen-bond acceptors (Lipinski definition) is 3. The van der Waals surface area contributed by atoms with Crippen molar-refractivity contribution in [1.29, 1.82) is 0 Å². The molecule has 0 aromatic heterocycles. The third kappa shape index (κ3) is 5.39. The van der Waals surface area contributed by atoms with Gasteiger partial charge in [0.2, 0.25) is 5.91 Å². The first-order valence-electron chi connectivity index (χ1n) is 6.60. The molecule has 20 heavy (non-hydrogen) atoms. The average Bonchev–Trinajstić information content (AvgIpc) is 2.38. The summed E-state index contributed by atoms with van der Waals surface area (Å²) in [5, 5.41) is 6.10. The maximum Gasteiger partial charge on any atom is 0.220 e. The first-order chi connectivity index (χ1) is 9.01. The number of carbonyl (C=O) groups is 1. The summed E-state index contributed by atoms with van der Waals surface area (Å²) in [6.45, 7) is 4.82. The van der Waals surface area contributed by atoms with E-state index in [-0.39, 0.29) is 18.3 Å². The van der Waals surface area contributed by atoms with Crippen molar-refractivity contribution in [1.82, 2.24) is 10.6 Å². The monoisotopic (exact) mass is 300 g/mol. The van der Waals surface area contributed by atoms with Gasteiger partial charge >= 0.3 is 0 Å². The molecule has 4 nitrogen and oxygen atoms in total. The van der Waals surface area contributed by atoms with Crippen LogP contribution < -0.4 is 15.4 Å². The molecule has 0 spiro atoms. The van der Waals surface area contributed by atoms with Crippen molar-refractivity contribution >= 4 is 18.3 Å². The second-order valence-corrected chi connectivity index (χ2v) is 5.08. The highest BCUT2D eigenvalue weighted by molar-refractivity contribution is 5.85. The fourth-order valence-corrected chi connectivity index (χ4v) is 2.07. The number of halogens is 1. The van der Waals surface area contributed by atoms with Crippen LogP contribution in [-0.2, 0) is 10.3 Å². The fourth-order valence-electron chi connectivity index (χ4n) is 2.07. The predicted octanol–water partition coefficient (Wildman–Crippen LogP) is 2.47. The van der Waals surface area contributed by atoms with E-state index in [1.165, 1.54) is 0 Å². The minimum Gasteiger partial charge on any atom is -0.496 e. The third-order valence-electron chi connectivity index (χ3n) is 3.06. The summed E-state index contributed by atoms with van der Waals surface area (Å²) in [5.74, 6) is 0.856. The molecule has 0 radical (unpaired) electrons. The van der Waals surface area contributed by atoms with Crippen LogP contribution in [0.1, 0.15) is 32.3 Å². The lowest BCUT2D eigenvalue weighted by Gasteiger charge is -2.28. The topological polar surface area (TPSA) is 50.4 Å². The summed E-state index contributed by atoms with van der Waals surface area (Å²) in [5.41, 5.74) is 0.544. The van der Waals surface area contributed by atoms with Gasteiger partial charge in [-0.15, -0.1) is 12.4 Å². The van der Waals surface area contributed by atoms with Crippen LogP contribution in [0.5, 0.6) is 5.75 Å². The zero-order chi connectivity index (χ0) is 14.3. The Bertz CT molecular complexity index is 422. The summed E-state index contributed by atoms with van der Waals surface area (Å²) >= 11 is 0. The Kier molecular flexibility index (Phi) is 8.26. The van der Waals surface area contributed by atoms with Gasteiger partial charge < -0.3 is 15.4 Å². The van der Waals surface area contributed by atoms with Crippen molar-refractivity contribution in [3.8, 4) is 5.75 Å². The van der Waals surface area contributed by atoms with Crippen molar-refractivity contribution in [3.05, 3.63) is 29.8 Å². The quantitative estimate of drug-likeness (QED) is 0.761. The highest BCUT2D eigenvalue weighted by Crippen LogP contribution is 2.29. The first kappa shape index (κ1) is 18.7. The SMILES string of the molecule is CNCCCC(=O)NC(C)(C)c1ccccc1OC.Cl. The molecule has 0 aliphatic heterocycles. The number of methoxy groups -OCH3 is 1. The van der Waals surface area contributed by atoms with Gasteiger partial charge in [-0.3, -0.25) is 4.79 Å². The summed E-state index contributed by atoms with van der Waals surface area (Å²) in [4.78, 5) is 11.9. The van der Waals surface area contributed by atoms with E-state index >= 15 is 0 Å². The number of ether oxygens (including phenoxy) is 1. The highest BCUT2D eigenvalue weighted by atomic mass is 35.5. The molecule has 1 aromatic carbocycles. The molecule has 0 aliphatic carbocycles. The molecule has 0 saturated heterocycles. The van der Waals surface area contributed by atoms with E-state index in [0.29, 0.717) is 6.42 Å². The summed E-state index contributed by atoms with van der Waals surface area (Å²) in [6.07, 6.45) is 1.36. The standard InChI is InChI=1S/C15H24N2O2.ClH/c1-15(2,17-14(18)10-7-11-16-3)12-8-5-6-9-13(12)19-4;/h5-6,8-9,16H,7,10-11H2,1-4H3,(H,17,18);1H. The predicted molar refractivity (Wildman–Crippen MR) is 84.6 cm³/mol. The highest BCUT2D eigenvalue weighted by Gasteiger charge is 2.25. The molecule has 0 unspecified atom stereocenters. The van der Waals surface area contributed by atoms with Gasteiger partial charge in [0.15, 0.2) is 0 Å². The van der Waals surface area contributed by atoms with E-state index in [1.54, 1.807) is 7.11 Å². The molecule has 0 saturated carbocycles. The maximum absolute atomic E-state index is 11.9. The number of benzene rings is 1. The molecular formula is C15H25ClN2O2. The van der Waals surface area contributed by atoms with E-state index in [1.807, 2.05) is 45.2 Å². The van der Waals surface area contributed by atoms with Gasteiger partial charge in [-0.2, -0.15) is 0 Å². The summed E-state index contributed by atoms with van der Waals surface area (Å²) in [7, 11) is 3.53. The van der Waals surface area contributed by atoms with Crippen LogP contribution in [0.4, 0.5) is 0 Å². The summed E-state index contributed by atoms with van der Waals surface area (Å²) in [6, 6.07) is 7.76. The van der Waals surface area contributed by atoms with Gasteiger partial charge in [-0.25, -0.2) is 0 Å². The Morgan fingerprint density at radius 3 is 2.55 bits per heavy atom. The fraction of sp³-hybridized carbons (Fsp3) is 0.533. The van der Waals surface area contributed by atoms with E-state index in [4.69, 9.17) is 4.74 Å². The lowest BCUT2D eigenvalue weighted by atomic mass is 9.93. The molecule has 0 aliphatic rings. The van der Waals surface area contributed by atoms with E-state index in [2.05, 4.69) is 10.6 Å². The Morgan fingerprint density at radius 1 is 1.30 bits per heavy atom. The second-order valence-electron chi connectivity index (χ2n) is 5.08. The molecule has 114 valence electrons. The van der Waals surface area contributed by atoms with Crippen LogP contribution in [0.15, 0.2) is 24.3 Å². The Morgan fingerprint density at radius 2 is 1.95 bits per heavy atom. The average molecular weight is 301 g/mol. The minimum atomic E-state index is -0.441. The number of nitrogens with one attached hydrogen (secondary N) is 2. The molecule has 1 aromatic rings. The molecular weight excluding hydrogens is 276 g/mol. The number of hydrogen-bond donors (Lipinski definition) is 2. The molecule has 1 rings (SSSR count). The van der Waals surface area contributed by atoms with Crippen LogP contribution in [0, 0.1) is 0 Å². The number of rotatable bonds is 7. The van der Waals surface area contributed by atoms with Crippen LogP contribution in [-0.4, -0.2) is 26.6 Å². The van der Waals surface area contributed by atoms with Crippen molar-refractivity contribution in [2.75, 3.05) is 20.7 Å². The van der Waals surface area contributed by atoms with Gasteiger partial charge in [0.25, 0.3) is 0 Å². The molecule has 0 atom stereocenters. The van der Waals surface area contributed by atoms with Crippen LogP contribution in [0.3, 0.4) is 0 Å². The molecule has 5 heteroatoms. The van der Waals surface area contributed by atoms with E-state index in [0.717, 1.165) is 24.3 Å². The molecule has 0 fully saturated rings. The van der Waals surface area contributed by atoms with Gasteiger partial charge in [0.05, 0.1) is 12.6 Å². The molecule has 1 amide bonds. The van der Waals surface area contributed by atoms with E-state index < -0.39 is 5.54 Å². The molecule has 0 bridgehead atoms. The van der Waals surface area contributed by atoms with Gasteiger partial charge in [-0.1, -0.05) is 18.2 Å². The third-order valence-corrected chi connectivity index (χ3v) is 3.06. The van der Waals surface area contributed by atoms with Gasteiger partial charge in [0.1, 0.15) is 5.75 Å². The smallest absolute Gasteiger partial charge is 0.220 e. The lowest BCUT2D eigenvalue weighted by Crippen LogP contribution is -2.41. The summed E-state index contributed by atoms with van der Waals surface area (Å²) < 4.78 is 5.35. The lowest BCUT2D eigenvalue weighted by molar-refractivity contribution is -0.122. The first-order valence-corrected chi connectivity index (χ1v) is 6.60. The van der Waals surface area contributed by atoms with Crippen molar-refractivity contribution < 1.29 is 9.53 Å². The van der Waals surface area contributed by atoms with Crippen molar-refractivity contribution in [2.45, 2.75) is 32.2 Å². The Labute approximate surface area is 127 Å². The van der Waals surface area contributed by atoms with Crippen LogP contribution >= 0.6 is 12.4 Å². The normalized spacial score (nSPS) is 10.6. The maximum atomic E-state index is 11.9. The Hall–Kier alpha value is -1.26. The number of para-hydroxylation sites is 1. The largest absolute Gasteiger partial charge is 0.496 e. The van der Waals surface area contributed by atoms with Crippen LogP contribution in [0.2, 0.25) is 0 Å². The number of amides is 1. The zero-order valence-electron chi connectivity index (χ0n) is 12.7. The van der Waals surface area contributed by atoms with Gasteiger partial charge in [-0.05, 0) is 39.9 Å². The minimum absolute atomic E-state index is 0. The molecule has 0 heterocycles.